The van der Waals surface area contributed by atoms with E-state index in [0.29, 0.717) is 33.9 Å². The van der Waals surface area contributed by atoms with Crippen LogP contribution in [-0.4, -0.2) is 37.3 Å². The van der Waals surface area contributed by atoms with Gasteiger partial charge < -0.3 is 18.6 Å². The molecule has 3 rings (SSSR count). The summed E-state index contributed by atoms with van der Waals surface area (Å²) in [4.78, 5) is 0. The minimum Gasteiger partial charge on any atom is -0.493 e. The highest BCUT2D eigenvalue weighted by atomic mass is 32.2. The molecular formula is C20H22N2O4S. The maximum Gasteiger partial charge on any atom is 0.276 e. The first-order chi connectivity index (χ1) is 13.2. The van der Waals surface area contributed by atoms with Crippen LogP contribution in [0.2, 0.25) is 0 Å². The number of hydrogen-bond acceptors (Lipinski definition) is 7. The number of methoxy groups -OCH3 is 3. The Morgan fingerprint density at radius 1 is 0.926 bits per heavy atom. The summed E-state index contributed by atoms with van der Waals surface area (Å²) in [5.41, 5.74) is 2.05. The molecular weight excluding hydrogens is 364 g/mol. The molecule has 0 saturated carbocycles. The van der Waals surface area contributed by atoms with Crippen molar-refractivity contribution in [1.82, 2.24) is 10.2 Å². The molecule has 0 aliphatic rings. The van der Waals surface area contributed by atoms with Crippen molar-refractivity contribution in [3.63, 3.8) is 0 Å². The van der Waals surface area contributed by atoms with Crippen molar-refractivity contribution >= 4 is 11.8 Å². The van der Waals surface area contributed by atoms with E-state index in [1.165, 1.54) is 5.56 Å². The quantitative estimate of drug-likeness (QED) is 0.396. The van der Waals surface area contributed by atoms with Crippen molar-refractivity contribution in [3.05, 3.63) is 48.0 Å². The third kappa shape index (κ3) is 4.74. The molecule has 0 aliphatic carbocycles. The summed E-state index contributed by atoms with van der Waals surface area (Å²) in [5, 5.41) is 8.81. The number of ether oxygens (including phenoxy) is 3. The van der Waals surface area contributed by atoms with E-state index in [4.69, 9.17) is 18.6 Å². The van der Waals surface area contributed by atoms with Crippen LogP contribution in [0.5, 0.6) is 17.2 Å². The summed E-state index contributed by atoms with van der Waals surface area (Å²) in [6, 6.07) is 14.0. The molecule has 0 N–H and O–H groups in total. The summed E-state index contributed by atoms with van der Waals surface area (Å²) in [7, 11) is 4.71. The maximum atomic E-state index is 5.78. The first kappa shape index (κ1) is 19.1. The normalized spacial score (nSPS) is 10.6. The second-order valence-electron chi connectivity index (χ2n) is 5.72. The summed E-state index contributed by atoms with van der Waals surface area (Å²) in [6.07, 6.45) is 2.07. The van der Waals surface area contributed by atoms with E-state index in [1.54, 1.807) is 45.2 Å². The lowest BCUT2D eigenvalue weighted by Gasteiger charge is -2.12. The average Bonchev–Trinajstić information content (AvgIpc) is 3.19. The molecule has 7 heteroatoms. The van der Waals surface area contributed by atoms with Gasteiger partial charge in [0.15, 0.2) is 11.5 Å². The van der Waals surface area contributed by atoms with E-state index in [0.717, 1.165) is 18.6 Å². The minimum atomic E-state index is 0.416. The fraction of sp³-hybridized carbons (Fsp3) is 0.300. The van der Waals surface area contributed by atoms with Crippen LogP contribution in [0, 0.1) is 0 Å². The molecule has 27 heavy (non-hydrogen) atoms. The Hall–Kier alpha value is -2.67. The molecule has 3 aromatic rings. The standard InChI is InChI=1S/C20H22N2O4S/c1-23-16-12-15(13-17(24-2)18(16)25-3)19-21-22-20(26-19)27-11-7-10-14-8-5-4-6-9-14/h4-6,8-9,12-13H,7,10-11H2,1-3H3. The first-order valence-electron chi connectivity index (χ1n) is 8.55. The smallest absolute Gasteiger partial charge is 0.276 e. The highest BCUT2D eigenvalue weighted by Gasteiger charge is 2.17. The van der Waals surface area contributed by atoms with Gasteiger partial charge in [0.25, 0.3) is 5.22 Å². The first-order valence-corrected chi connectivity index (χ1v) is 9.54. The summed E-state index contributed by atoms with van der Waals surface area (Å²) >= 11 is 1.56. The van der Waals surface area contributed by atoms with Crippen molar-refractivity contribution < 1.29 is 18.6 Å². The molecule has 142 valence electrons. The number of rotatable bonds is 9. The second-order valence-corrected chi connectivity index (χ2v) is 6.77. The van der Waals surface area contributed by atoms with Crippen molar-refractivity contribution in [2.75, 3.05) is 27.1 Å². The van der Waals surface area contributed by atoms with Gasteiger partial charge in [0.05, 0.1) is 21.3 Å². The van der Waals surface area contributed by atoms with Gasteiger partial charge in [0, 0.05) is 11.3 Å². The van der Waals surface area contributed by atoms with Gasteiger partial charge in [-0.15, -0.1) is 10.2 Å². The molecule has 0 unspecified atom stereocenters. The third-order valence-electron chi connectivity index (χ3n) is 4.00. The molecule has 0 bridgehead atoms. The van der Waals surface area contributed by atoms with Crippen LogP contribution in [0.1, 0.15) is 12.0 Å². The van der Waals surface area contributed by atoms with Crippen LogP contribution < -0.4 is 14.2 Å². The fourth-order valence-corrected chi connectivity index (χ4v) is 3.37. The average molecular weight is 386 g/mol. The van der Waals surface area contributed by atoms with Crippen molar-refractivity contribution in [3.8, 4) is 28.7 Å². The molecule has 0 saturated heterocycles. The number of thioether (sulfide) groups is 1. The number of aryl methyl sites for hydroxylation is 1. The largest absolute Gasteiger partial charge is 0.493 e. The summed E-state index contributed by atoms with van der Waals surface area (Å²) < 4.78 is 21.9. The van der Waals surface area contributed by atoms with Gasteiger partial charge in [0.1, 0.15) is 0 Å². The van der Waals surface area contributed by atoms with E-state index in [2.05, 4.69) is 34.5 Å². The van der Waals surface area contributed by atoms with Crippen LogP contribution in [0.3, 0.4) is 0 Å². The monoisotopic (exact) mass is 386 g/mol. The fourth-order valence-electron chi connectivity index (χ4n) is 2.67. The van der Waals surface area contributed by atoms with E-state index >= 15 is 0 Å². The Morgan fingerprint density at radius 3 is 2.26 bits per heavy atom. The van der Waals surface area contributed by atoms with Crippen LogP contribution in [-0.2, 0) is 6.42 Å². The van der Waals surface area contributed by atoms with Gasteiger partial charge >= 0.3 is 0 Å². The zero-order valence-corrected chi connectivity index (χ0v) is 16.4. The summed E-state index contributed by atoms with van der Waals surface area (Å²) in [5.74, 6) is 2.94. The lowest BCUT2D eigenvalue weighted by molar-refractivity contribution is 0.324. The van der Waals surface area contributed by atoms with Crippen molar-refractivity contribution in [2.24, 2.45) is 0 Å². The Kier molecular flexibility index (Phi) is 6.59. The SMILES string of the molecule is COc1cc(-c2nnc(SCCCc3ccccc3)o2)cc(OC)c1OC. The van der Waals surface area contributed by atoms with Gasteiger partial charge in [0.2, 0.25) is 11.6 Å². The van der Waals surface area contributed by atoms with E-state index < -0.39 is 0 Å². The predicted molar refractivity (Wildman–Crippen MR) is 105 cm³/mol. The van der Waals surface area contributed by atoms with Crippen molar-refractivity contribution in [2.45, 2.75) is 18.1 Å². The van der Waals surface area contributed by atoms with E-state index in [1.807, 2.05) is 6.07 Å². The molecule has 1 aromatic heterocycles. The second kappa shape index (κ2) is 9.32. The Balaban J connectivity index is 1.65. The zero-order valence-electron chi connectivity index (χ0n) is 15.6. The number of hydrogen-bond donors (Lipinski definition) is 0. The lowest BCUT2D eigenvalue weighted by atomic mass is 10.1. The number of nitrogens with zero attached hydrogens (tertiary/aromatic N) is 2. The lowest BCUT2D eigenvalue weighted by Crippen LogP contribution is -1.95. The highest BCUT2D eigenvalue weighted by Crippen LogP contribution is 2.41. The molecule has 0 amide bonds. The Bertz CT molecular complexity index is 842. The molecule has 1 heterocycles. The highest BCUT2D eigenvalue weighted by molar-refractivity contribution is 7.99. The number of aromatic nitrogens is 2. The van der Waals surface area contributed by atoms with E-state index in [9.17, 15) is 0 Å². The van der Waals surface area contributed by atoms with Gasteiger partial charge in [-0.3, -0.25) is 0 Å². The molecule has 0 fully saturated rings. The molecule has 6 nitrogen and oxygen atoms in total. The topological polar surface area (TPSA) is 66.6 Å². The van der Waals surface area contributed by atoms with Gasteiger partial charge in [-0.05, 0) is 30.5 Å². The minimum absolute atomic E-state index is 0.416. The molecule has 0 spiro atoms. The number of benzene rings is 2. The maximum absolute atomic E-state index is 5.78. The third-order valence-corrected chi connectivity index (χ3v) is 4.90. The predicted octanol–water partition coefficient (Wildman–Crippen LogP) is 4.49. The van der Waals surface area contributed by atoms with Crippen LogP contribution in [0.25, 0.3) is 11.5 Å². The molecule has 0 aliphatic heterocycles. The summed E-state index contributed by atoms with van der Waals surface area (Å²) in [6.45, 7) is 0. The van der Waals surface area contributed by atoms with Crippen LogP contribution in [0.15, 0.2) is 52.1 Å². The van der Waals surface area contributed by atoms with Crippen LogP contribution in [0.4, 0.5) is 0 Å². The Labute approximate surface area is 162 Å². The van der Waals surface area contributed by atoms with Crippen molar-refractivity contribution in [1.29, 1.82) is 0 Å². The molecule has 2 aromatic carbocycles. The zero-order chi connectivity index (χ0) is 19.1. The van der Waals surface area contributed by atoms with E-state index in [-0.39, 0.29) is 0 Å². The van der Waals surface area contributed by atoms with Crippen LogP contribution >= 0.6 is 11.8 Å². The van der Waals surface area contributed by atoms with Gasteiger partial charge in [-0.25, -0.2) is 0 Å². The van der Waals surface area contributed by atoms with Gasteiger partial charge in [-0.2, -0.15) is 0 Å². The Morgan fingerprint density at radius 2 is 1.63 bits per heavy atom. The van der Waals surface area contributed by atoms with Gasteiger partial charge in [-0.1, -0.05) is 42.1 Å². The molecule has 0 radical (unpaired) electrons. The molecule has 0 atom stereocenters.